The number of amides is 2. The Morgan fingerprint density at radius 3 is 2.43 bits per heavy atom. The first-order valence-electron chi connectivity index (χ1n) is 8.73. The van der Waals surface area contributed by atoms with E-state index < -0.39 is 24.6 Å². The van der Waals surface area contributed by atoms with E-state index in [0.717, 1.165) is 16.0 Å². The Kier molecular flexibility index (Phi) is 5.54. The summed E-state index contributed by atoms with van der Waals surface area (Å²) in [6.45, 7) is 3.33. The molecule has 0 spiro atoms. The highest BCUT2D eigenvalue weighted by molar-refractivity contribution is 6.15. The number of aryl methyl sites for hydroxylation is 2. The summed E-state index contributed by atoms with van der Waals surface area (Å²) >= 11 is 0. The Morgan fingerprint density at radius 1 is 1.04 bits per heavy atom. The summed E-state index contributed by atoms with van der Waals surface area (Å²) in [5, 5.41) is 0. The fraction of sp³-hybridized carbons (Fsp3) is 0.238. The van der Waals surface area contributed by atoms with Crippen molar-refractivity contribution in [2.24, 2.45) is 0 Å². The number of ether oxygens (including phenoxy) is 2. The van der Waals surface area contributed by atoms with Gasteiger partial charge in [0.25, 0.3) is 5.91 Å². The number of benzene rings is 2. The Labute approximate surface area is 161 Å². The Hall–Kier alpha value is -3.48. The molecule has 0 unspecified atom stereocenters. The van der Waals surface area contributed by atoms with Gasteiger partial charge in [-0.15, -0.1) is 0 Å². The monoisotopic (exact) mass is 381 g/mol. The largest absolute Gasteiger partial charge is 0.452 e. The summed E-state index contributed by atoms with van der Waals surface area (Å²) in [7, 11) is 0. The number of esters is 1. The molecule has 2 aromatic carbocycles. The molecule has 3 rings (SSSR count). The zero-order valence-corrected chi connectivity index (χ0v) is 15.6. The van der Waals surface area contributed by atoms with Crippen LogP contribution in [0.5, 0.6) is 0 Å². The van der Waals surface area contributed by atoms with Crippen molar-refractivity contribution in [2.75, 3.05) is 19.8 Å². The highest BCUT2D eigenvalue weighted by Crippen LogP contribution is 2.19. The summed E-state index contributed by atoms with van der Waals surface area (Å²) in [6.07, 6.45) is -0.758. The summed E-state index contributed by atoms with van der Waals surface area (Å²) < 4.78 is 9.72. The lowest BCUT2D eigenvalue weighted by Crippen LogP contribution is -2.35. The molecule has 1 fully saturated rings. The summed E-state index contributed by atoms with van der Waals surface area (Å²) in [5.41, 5.74) is 2.47. The van der Waals surface area contributed by atoms with Gasteiger partial charge >= 0.3 is 12.1 Å². The minimum Gasteiger partial charge on any atom is -0.452 e. The van der Waals surface area contributed by atoms with E-state index in [1.165, 1.54) is 6.07 Å². The van der Waals surface area contributed by atoms with Crippen molar-refractivity contribution in [3.8, 4) is 0 Å². The molecule has 1 heterocycles. The Bertz CT molecular complexity index is 965. The molecule has 1 saturated heterocycles. The number of nitrogens with zero attached hydrogens (tertiary/aromatic N) is 1. The average Bonchev–Trinajstić information content (AvgIpc) is 3.13. The number of carbonyl (C=O) groups is 4. The zero-order chi connectivity index (χ0) is 20.3. The second-order valence-electron chi connectivity index (χ2n) is 6.43. The van der Waals surface area contributed by atoms with E-state index >= 15 is 0 Å². The number of hydrogen-bond donors (Lipinski definition) is 0. The van der Waals surface area contributed by atoms with E-state index in [2.05, 4.69) is 4.74 Å². The number of imide groups is 1. The molecule has 2 aromatic rings. The molecule has 28 heavy (non-hydrogen) atoms. The molecule has 0 N–H and O–H groups in total. The molecular formula is C21H19NO6. The average molecular weight is 381 g/mol. The van der Waals surface area contributed by atoms with Crippen LogP contribution in [0.25, 0.3) is 0 Å². The van der Waals surface area contributed by atoms with Crippen molar-refractivity contribution >= 4 is 23.8 Å². The second-order valence-corrected chi connectivity index (χ2v) is 6.43. The van der Waals surface area contributed by atoms with Gasteiger partial charge in [0.2, 0.25) is 0 Å². The maximum Gasteiger partial charge on any atom is 0.416 e. The summed E-state index contributed by atoms with van der Waals surface area (Å²) in [5.74, 6) is -1.78. The van der Waals surface area contributed by atoms with Crippen LogP contribution in [0, 0.1) is 13.8 Å². The topological polar surface area (TPSA) is 90.0 Å². The number of ketones is 1. The second kappa shape index (κ2) is 8.04. The molecule has 2 amide bonds. The smallest absolute Gasteiger partial charge is 0.416 e. The maximum atomic E-state index is 13.0. The molecule has 7 nitrogen and oxygen atoms in total. The molecule has 0 aromatic heterocycles. The summed E-state index contributed by atoms with van der Waals surface area (Å²) in [4.78, 5) is 49.7. The van der Waals surface area contributed by atoms with Gasteiger partial charge in [0.15, 0.2) is 12.4 Å². The first-order valence-corrected chi connectivity index (χ1v) is 8.73. The fourth-order valence-corrected chi connectivity index (χ4v) is 2.89. The van der Waals surface area contributed by atoms with Gasteiger partial charge in [-0.05, 0) is 31.5 Å². The molecular weight excluding hydrogens is 362 g/mol. The zero-order valence-electron chi connectivity index (χ0n) is 15.6. The maximum absolute atomic E-state index is 13.0. The number of cyclic esters (lactones) is 1. The first-order chi connectivity index (χ1) is 13.4. The molecule has 1 aliphatic rings. The van der Waals surface area contributed by atoms with Gasteiger partial charge in [-0.25, -0.2) is 14.5 Å². The first kappa shape index (κ1) is 19.3. The van der Waals surface area contributed by atoms with E-state index in [4.69, 9.17) is 4.74 Å². The lowest BCUT2D eigenvalue weighted by molar-refractivity contribution is -0.131. The van der Waals surface area contributed by atoms with E-state index in [-0.39, 0.29) is 30.1 Å². The van der Waals surface area contributed by atoms with Crippen LogP contribution in [0.15, 0.2) is 42.5 Å². The van der Waals surface area contributed by atoms with E-state index in [0.29, 0.717) is 5.56 Å². The van der Waals surface area contributed by atoms with Gasteiger partial charge in [0, 0.05) is 11.1 Å². The standard InChI is InChI=1S/C21H19NO6/c1-13-7-8-14(2)17(11-13)19(24)15-5-3-4-6-16(15)20(25)28-12-18(23)22-9-10-27-21(22)26/h3-8,11H,9-10,12H2,1-2H3. The molecule has 0 aliphatic carbocycles. The quantitative estimate of drug-likeness (QED) is 0.584. The molecule has 1 aliphatic heterocycles. The van der Waals surface area contributed by atoms with Crippen molar-refractivity contribution in [1.29, 1.82) is 0 Å². The van der Waals surface area contributed by atoms with Crippen molar-refractivity contribution in [1.82, 2.24) is 4.90 Å². The SMILES string of the molecule is Cc1ccc(C)c(C(=O)c2ccccc2C(=O)OCC(=O)N2CCOC2=O)c1. The third kappa shape index (κ3) is 3.93. The Morgan fingerprint density at radius 2 is 1.75 bits per heavy atom. The highest BCUT2D eigenvalue weighted by Gasteiger charge is 2.29. The van der Waals surface area contributed by atoms with Gasteiger partial charge in [0.1, 0.15) is 6.61 Å². The van der Waals surface area contributed by atoms with Crippen molar-refractivity contribution < 1.29 is 28.7 Å². The van der Waals surface area contributed by atoms with Crippen LogP contribution >= 0.6 is 0 Å². The van der Waals surface area contributed by atoms with Crippen LogP contribution in [-0.2, 0) is 14.3 Å². The molecule has 0 radical (unpaired) electrons. The molecule has 144 valence electrons. The van der Waals surface area contributed by atoms with Gasteiger partial charge < -0.3 is 9.47 Å². The number of hydrogen-bond acceptors (Lipinski definition) is 6. The van der Waals surface area contributed by atoms with Crippen LogP contribution in [0.2, 0.25) is 0 Å². The van der Waals surface area contributed by atoms with Crippen molar-refractivity contribution in [3.05, 3.63) is 70.3 Å². The minimum atomic E-state index is -0.810. The van der Waals surface area contributed by atoms with Crippen LogP contribution in [0.1, 0.15) is 37.4 Å². The summed E-state index contributed by atoms with van der Waals surface area (Å²) in [6, 6.07) is 11.8. The number of carbonyl (C=O) groups excluding carboxylic acids is 4. The predicted molar refractivity (Wildman–Crippen MR) is 99.1 cm³/mol. The van der Waals surface area contributed by atoms with Crippen LogP contribution in [0.4, 0.5) is 4.79 Å². The van der Waals surface area contributed by atoms with Crippen LogP contribution in [-0.4, -0.2) is 48.4 Å². The molecule has 0 bridgehead atoms. The van der Waals surface area contributed by atoms with Crippen molar-refractivity contribution in [2.45, 2.75) is 13.8 Å². The minimum absolute atomic E-state index is 0.0604. The van der Waals surface area contributed by atoms with Gasteiger partial charge in [0.05, 0.1) is 12.1 Å². The predicted octanol–water partition coefficient (Wildman–Crippen LogP) is 2.67. The van der Waals surface area contributed by atoms with E-state index in [9.17, 15) is 19.2 Å². The molecule has 0 atom stereocenters. The third-order valence-electron chi connectivity index (χ3n) is 4.42. The van der Waals surface area contributed by atoms with Gasteiger partial charge in [-0.1, -0.05) is 35.9 Å². The number of rotatable bonds is 5. The van der Waals surface area contributed by atoms with Crippen LogP contribution < -0.4 is 0 Å². The van der Waals surface area contributed by atoms with Crippen molar-refractivity contribution in [3.63, 3.8) is 0 Å². The van der Waals surface area contributed by atoms with E-state index in [1.54, 1.807) is 24.3 Å². The van der Waals surface area contributed by atoms with Gasteiger partial charge in [-0.3, -0.25) is 9.59 Å². The fourth-order valence-electron chi connectivity index (χ4n) is 2.89. The van der Waals surface area contributed by atoms with Gasteiger partial charge in [-0.2, -0.15) is 0 Å². The lowest BCUT2D eigenvalue weighted by Gasteiger charge is -2.13. The van der Waals surface area contributed by atoms with Crippen LogP contribution in [0.3, 0.4) is 0 Å². The Balaban J connectivity index is 1.78. The normalized spacial score (nSPS) is 13.2. The van der Waals surface area contributed by atoms with E-state index in [1.807, 2.05) is 26.0 Å². The highest BCUT2D eigenvalue weighted by atomic mass is 16.6. The molecule has 0 saturated carbocycles. The third-order valence-corrected chi connectivity index (χ3v) is 4.42. The lowest BCUT2D eigenvalue weighted by atomic mass is 9.94. The molecule has 7 heteroatoms.